The molecule has 0 spiro atoms. The molecular formula is C19H20N4O3. The number of primary amides is 1. The molecule has 26 heavy (non-hydrogen) atoms. The van der Waals surface area contributed by atoms with Crippen molar-refractivity contribution in [2.75, 3.05) is 16.0 Å². The molecule has 0 heterocycles. The molecule has 2 aromatic rings. The van der Waals surface area contributed by atoms with Gasteiger partial charge in [-0.1, -0.05) is 13.0 Å². The summed E-state index contributed by atoms with van der Waals surface area (Å²) in [4.78, 5) is 35.1. The van der Waals surface area contributed by atoms with Crippen LogP contribution in [-0.2, 0) is 4.79 Å². The number of anilines is 3. The van der Waals surface area contributed by atoms with Crippen LogP contribution in [0.25, 0.3) is 0 Å². The first-order chi connectivity index (χ1) is 12.4. The Bertz CT molecular complexity index is 848. The van der Waals surface area contributed by atoms with Crippen LogP contribution < -0.4 is 21.7 Å². The van der Waals surface area contributed by atoms with Crippen LogP contribution >= 0.6 is 0 Å². The van der Waals surface area contributed by atoms with E-state index in [-0.39, 0.29) is 17.7 Å². The second-order valence-electron chi connectivity index (χ2n) is 6.41. The third-order valence-corrected chi connectivity index (χ3v) is 4.25. The SMILES string of the molecule is C[C@H]1C[C@H]1C(=O)Nc1ccc(C(=O)Nc2cccc(NC(N)=O)c2)cc1. The molecule has 0 radical (unpaired) electrons. The van der Waals surface area contributed by atoms with Crippen LogP contribution in [0.4, 0.5) is 21.9 Å². The average Bonchev–Trinajstić information content (AvgIpc) is 3.32. The fourth-order valence-corrected chi connectivity index (χ4v) is 2.65. The van der Waals surface area contributed by atoms with E-state index in [0.717, 1.165) is 6.42 Å². The van der Waals surface area contributed by atoms with E-state index >= 15 is 0 Å². The molecule has 0 unspecified atom stereocenters. The van der Waals surface area contributed by atoms with Crippen molar-refractivity contribution in [2.45, 2.75) is 13.3 Å². The zero-order valence-electron chi connectivity index (χ0n) is 14.3. The fraction of sp³-hybridized carbons (Fsp3) is 0.211. The summed E-state index contributed by atoms with van der Waals surface area (Å²) in [5.74, 6) is 0.266. The zero-order chi connectivity index (χ0) is 18.7. The maximum atomic E-state index is 12.3. The number of nitrogens with one attached hydrogen (secondary N) is 3. The van der Waals surface area contributed by atoms with Crippen molar-refractivity contribution < 1.29 is 14.4 Å². The third-order valence-electron chi connectivity index (χ3n) is 4.25. The number of hydrogen-bond acceptors (Lipinski definition) is 3. The first-order valence-electron chi connectivity index (χ1n) is 8.31. The van der Waals surface area contributed by atoms with E-state index in [9.17, 15) is 14.4 Å². The quantitative estimate of drug-likeness (QED) is 0.663. The van der Waals surface area contributed by atoms with E-state index in [4.69, 9.17) is 5.73 Å². The van der Waals surface area contributed by atoms with Crippen molar-refractivity contribution in [1.82, 2.24) is 0 Å². The van der Waals surface area contributed by atoms with Crippen LogP contribution in [0.3, 0.4) is 0 Å². The van der Waals surface area contributed by atoms with Gasteiger partial charge in [0.05, 0.1) is 0 Å². The van der Waals surface area contributed by atoms with Crippen molar-refractivity contribution in [2.24, 2.45) is 17.6 Å². The van der Waals surface area contributed by atoms with Crippen LogP contribution in [0.1, 0.15) is 23.7 Å². The summed E-state index contributed by atoms with van der Waals surface area (Å²) in [5, 5.41) is 8.05. The summed E-state index contributed by atoms with van der Waals surface area (Å²) >= 11 is 0. The molecule has 1 aliphatic carbocycles. The Hall–Kier alpha value is -3.35. The van der Waals surface area contributed by atoms with Crippen LogP contribution in [0.15, 0.2) is 48.5 Å². The highest BCUT2D eigenvalue weighted by Crippen LogP contribution is 2.38. The van der Waals surface area contributed by atoms with Crippen molar-refractivity contribution in [1.29, 1.82) is 0 Å². The highest BCUT2D eigenvalue weighted by Gasteiger charge is 2.39. The smallest absolute Gasteiger partial charge is 0.316 e. The Kier molecular flexibility index (Phi) is 4.88. The topological polar surface area (TPSA) is 113 Å². The predicted octanol–water partition coefficient (Wildman–Crippen LogP) is 3.02. The molecule has 5 N–H and O–H groups in total. The number of hydrogen-bond donors (Lipinski definition) is 4. The van der Waals surface area contributed by atoms with Crippen molar-refractivity contribution in [3.05, 3.63) is 54.1 Å². The number of urea groups is 1. The fourth-order valence-electron chi connectivity index (χ4n) is 2.65. The van der Waals surface area contributed by atoms with Gasteiger partial charge in [-0.15, -0.1) is 0 Å². The molecule has 3 rings (SSSR count). The molecule has 0 bridgehead atoms. The minimum absolute atomic E-state index is 0.0217. The molecule has 1 fully saturated rings. The molecule has 1 saturated carbocycles. The van der Waals surface area contributed by atoms with Gasteiger partial charge in [0.25, 0.3) is 5.91 Å². The first-order valence-corrected chi connectivity index (χ1v) is 8.31. The standard InChI is InChI=1S/C19H20N4O3/c1-11-9-16(11)18(25)21-13-7-5-12(6-8-13)17(24)22-14-3-2-4-15(10-14)23-19(20)26/h2-8,10-11,16H,9H2,1H3,(H,21,25)(H,22,24)(H3,20,23,26)/t11-,16+/m0/s1. The summed E-state index contributed by atoms with van der Waals surface area (Å²) in [5.41, 5.74) is 7.22. The Morgan fingerprint density at radius 3 is 2.12 bits per heavy atom. The van der Waals surface area contributed by atoms with Gasteiger partial charge in [0.2, 0.25) is 5.91 Å². The van der Waals surface area contributed by atoms with Crippen LogP contribution in [-0.4, -0.2) is 17.8 Å². The van der Waals surface area contributed by atoms with Gasteiger partial charge in [0, 0.05) is 28.5 Å². The number of carbonyl (C=O) groups is 3. The lowest BCUT2D eigenvalue weighted by Gasteiger charge is -2.09. The number of carbonyl (C=O) groups excluding carboxylic acids is 3. The molecule has 4 amide bonds. The normalized spacial score (nSPS) is 17.9. The van der Waals surface area contributed by atoms with Gasteiger partial charge in [-0.3, -0.25) is 9.59 Å². The van der Waals surface area contributed by atoms with Crippen LogP contribution in [0, 0.1) is 11.8 Å². The second kappa shape index (κ2) is 7.26. The largest absolute Gasteiger partial charge is 0.351 e. The Morgan fingerprint density at radius 2 is 1.54 bits per heavy atom. The number of benzene rings is 2. The van der Waals surface area contributed by atoms with Crippen LogP contribution in [0.5, 0.6) is 0 Å². The molecule has 0 aromatic heterocycles. The molecular weight excluding hydrogens is 332 g/mol. The summed E-state index contributed by atoms with van der Waals surface area (Å²) in [7, 11) is 0. The Labute approximate surface area is 151 Å². The third kappa shape index (κ3) is 4.38. The summed E-state index contributed by atoms with van der Waals surface area (Å²) in [6.45, 7) is 2.05. The van der Waals surface area contributed by atoms with Gasteiger partial charge in [-0.2, -0.15) is 0 Å². The van der Waals surface area contributed by atoms with Crippen molar-refractivity contribution in [3.63, 3.8) is 0 Å². The molecule has 0 aliphatic heterocycles. The Morgan fingerprint density at radius 1 is 0.923 bits per heavy atom. The molecule has 2 aromatic carbocycles. The Balaban J connectivity index is 1.61. The summed E-state index contributed by atoms with van der Waals surface area (Å²) in [6.07, 6.45) is 0.927. The van der Waals surface area contributed by atoms with Crippen molar-refractivity contribution >= 4 is 34.9 Å². The summed E-state index contributed by atoms with van der Waals surface area (Å²) in [6, 6.07) is 12.7. The van der Waals surface area contributed by atoms with Gasteiger partial charge >= 0.3 is 6.03 Å². The molecule has 7 heteroatoms. The van der Waals surface area contributed by atoms with E-state index in [1.54, 1.807) is 48.5 Å². The molecule has 2 atom stereocenters. The van der Waals surface area contributed by atoms with E-state index < -0.39 is 6.03 Å². The van der Waals surface area contributed by atoms with E-state index in [1.807, 2.05) is 6.92 Å². The lowest BCUT2D eigenvalue weighted by Crippen LogP contribution is -2.19. The van der Waals surface area contributed by atoms with E-state index in [0.29, 0.717) is 28.5 Å². The summed E-state index contributed by atoms with van der Waals surface area (Å²) < 4.78 is 0. The minimum atomic E-state index is -0.674. The van der Waals surface area contributed by atoms with Crippen molar-refractivity contribution in [3.8, 4) is 0 Å². The molecule has 7 nitrogen and oxygen atoms in total. The van der Waals surface area contributed by atoms with Crippen LogP contribution in [0.2, 0.25) is 0 Å². The highest BCUT2D eigenvalue weighted by molar-refractivity contribution is 6.05. The number of amides is 4. The zero-order valence-corrected chi connectivity index (χ0v) is 14.3. The number of rotatable bonds is 5. The lowest BCUT2D eigenvalue weighted by molar-refractivity contribution is -0.117. The van der Waals surface area contributed by atoms with Gasteiger partial charge in [0.15, 0.2) is 0 Å². The minimum Gasteiger partial charge on any atom is -0.351 e. The monoisotopic (exact) mass is 352 g/mol. The molecule has 1 aliphatic rings. The highest BCUT2D eigenvalue weighted by atomic mass is 16.2. The number of nitrogens with two attached hydrogens (primary N) is 1. The maximum Gasteiger partial charge on any atom is 0.316 e. The van der Waals surface area contributed by atoms with E-state index in [1.165, 1.54) is 0 Å². The maximum absolute atomic E-state index is 12.3. The van der Waals surface area contributed by atoms with Gasteiger partial charge in [-0.05, 0) is 54.8 Å². The van der Waals surface area contributed by atoms with Gasteiger partial charge < -0.3 is 21.7 Å². The molecule has 0 saturated heterocycles. The van der Waals surface area contributed by atoms with E-state index in [2.05, 4.69) is 16.0 Å². The predicted molar refractivity (Wildman–Crippen MR) is 99.9 cm³/mol. The van der Waals surface area contributed by atoms with Gasteiger partial charge in [0.1, 0.15) is 0 Å². The second-order valence-corrected chi connectivity index (χ2v) is 6.41. The molecule has 134 valence electrons. The first kappa shape index (κ1) is 17.5. The lowest BCUT2D eigenvalue weighted by atomic mass is 10.1. The average molecular weight is 352 g/mol. The van der Waals surface area contributed by atoms with Gasteiger partial charge in [-0.25, -0.2) is 4.79 Å².